The molecular formula is C15H23ClN2O3. The molecule has 1 unspecified atom stereocenters. The minimum atomic E-state index is -0.680. The maximum Gasteiger partial charge on any atom is 0.236 e. The Morgan fingerprint density at radius 2 is 2.24 bits per heavy atom. The minimum absolute atomic E-state index is 0.000977. The molecule has 0 radical (unpaired) electrons. The lowest BCUT2D eigenvalue weighted by molar-refractivity contribution is -0.128. The highest BCUT2D eigenvalue weighted by Gasteiger charge is 2.09. The first-order valence-corrected chi connectivity index (χ1v) is 7.33. The summed E-state index contributed by atoms with van der Waals surface area (Å²) in [6, 6.07) is 5.34. The number of nitrogens with zero attached hydrogens (tertiary/aromatic N) is 1. The number of likely N-dealkylation sites (N-methyl/N-ethyl adjacent to an activating group) is 1. The lowest BCUT2D eigenvalue weighted by atomic mass is 10.2. The second-order valence-electron chi connectivity index (χ2n) is 4.91. The number of nitrogens with one attached hydrogen (secondary N) is 1. The molecule has 0 fully saturated rings. The van der Waals surface area contributed by atoms with Crippen LogP contribution in [0.1, 0.15) is 12.5 Å². The summed E-state index contributed by atoms with van der Waals surface area (Å²) in [5.74, 6) is 0.664. The number of carbonyl (C=O) groups is 1. The highest BCUT2D eigenvalue weighted by molar-refractivity contribution is 6.31. The number of ether oxygens (including phenoxy) is 1. The van der Waals surface area contributed by atoms with Crippen LogP contribution < -0.4 is 10.1 Å². The smallest absolute Gasteiger partial charge is 0.236 e. The van der Waals surface area contributed by atoms with Gasteiger partial charge in [-0.15, -0.1) is 0 Å². The van der Waals surface area contributed by atoms with Crippen molar-refractivity contribution in [3.05, 3.63) is 28.8 Å². The molecule has 0 bridgehead atoms. The van der Waals surface area contributed by atoms with E-state index in [0.29, 0.717) is 23.9 Å². The van der Waals surface area contributed by atoms with Gasteiger partial charge in [0.25, 0.3) is 0 Å². The predicted molar refractivity (Wildman–Crippen MR) is 83.9 cm³/mol. The van der Waals surface area contributed by atoms with Crippen LogP contribution >= 0.6 is 11.6 Å². The normalized spacial score (nSPS) is 12.0. The fourth-order valence-electron chi connectivity index (χ4n) is 1.62. The van der Waals surface area contributed by atoms with Gasteiger partial charge < -0.3 is 20.1 Å². The molecule has 6 heteroatoms. The van der Waals surface area contributed by atoms with Crippen LogP contribution in [0.15, 0.2) is 18.2 Å². The van der Waals surface area contributed by atoms with E-state index in [1.54, 1.807) is 24.1 Å². The topological polar surface area (TPSA) is 61.8 Å². The molecular weight excluding hydrogens is 292 g/mol. The molecule has 0 aliphatic carbocycles. The molecule has 5 nitrogen and oxygen atoms in total. The molecule has 1 amide bonds. The number of aliphatic hydroxyl groups is 1. The highest BCUT2D eigenvalue weighted by Crippen LogP contribution is 2.20. The molecule has 0 aliphatic heterocycles. The van der Waals surface area contributed by atoms with E-state index in [1.165, 1.54) is 0 Å². The van der Waals surface area contributed by atoms with E-state index in [2.05, 4.69) is 5.32 Å². The van der Waals surface area contributed by atoms with Crippen LogP contribution in [0.4, 0.5) is 0 Å². The van der Waals surface area contributed by atoms with Crippen molar-refractivity contribution >= 4 is 17.5 Å². The van der Waals surface area contributed by atoms with Crippen molar-refractivity contribution in [1.29, 1.82) is 0 Å². The Morgan fingerprint density at radius 1 is 1.52 bits per heavy atom. The first-order valence-electron chi connectivity index (χ1n) is 6.95. The molecule has 0 heterocycles. The average Bonchev–Trinajstić information content (AvgIpc) is 2.47. The molecule has 0 aliphatic rings. The van der Waals surface area contributed by atoms with Gasteiger partial charge in [0.1, 0.15) is 18.5 Å². The Labute approximate surface area is 130 Å². The van der Waals surface area contributed by atoms with Gasteiger partial charge in [0.05, 0.1) is 6.54 Å². The third-order valence-corrected chi connectivity index (χ3v) is 3.55. The van der Waals surface area contributed by atoms with Gasteiger partial charge in [-0.1, -0.05) is 11.6 Å². The molecule has 0 saturated heterocycles. The van der Waals surface area contributed by atoms with Crippen LogP contribution in [0.2, 0.25) is 5.02 Å². The molecule has 118 valence electrons. The fraction of sp³-hybridized carbons (Fsp3) is 0.533. The van der Waals surface area contributed by atoms with Crippen LogP contribution in [0.5, 0.6) is 5.75 Å². The highest BCUT2D eigenvalue weighted by atomic mass is 35.5. The number of hydrogen-bond acceptors (Lipinski definition) is 4. The van der Waals surface area contributed by atoms with Crippen molar-refractivity contribution in [2.24, 2.45) is 0 Å². The average molecular weight is 315 g/mol. The van der Waals surface area contributed by atoms with E-state index in [9.17, 15) is 9.90 Å². The molecule has 1 aromatic rings. The van der Waals surface area contributed by atoms with Crippen molar-refractivity contribution in [3.63, 3.8) is 0 Å². The Hall–Kier alpha value is -1.30. The number of halogens is 1. The van der Waals surface area contributed by atoms with Crippen molar-refractivity contribution < 1.29 is 14.6 Å². The van der Waals surface area contributed by atoms with Crippen LogP contribution in [0.3, 0.4) is 0 Å². The first kappa shape index (κ1) is 17.8. The summed E-state index contributed by atoms with van der Waals surface area (Å²) in [6.45, 7) is 5.14. The van der Waals surface area contributed by atoms with Gasteiger partial charge in [0, 0.05) is 25.2 Å². The summed E-state index contributed by atoms with van der Waals surface area (Å²) in [6.07, 6.45) is -0.680. The van der Waals surface area contributed by atoms with Gasteiger partial charge in [-0.3, -0.25) is 4.79 Å². The van der Waals surface area contributed by atoms with E-state index in [1.807, 2.05) is 19.9 Å². The van der Waals surface area contributed by atoms with Crippen molar-refractivity contribution in [2.45, 2.75) is 20.0 Å². The first-order chi connectivity index (χ1) is 9.93. The Kier molecular flexibility index (Phi) is 7.50. The monoisotopic (exact) mass is 314 g/mol. The molecule has 21 heavy (non-hydrogen) atoms. The van der Waals surface area contributed by atoms with Gasteiger partial charge in [-0.2, -0.15) is 0 Å². The number of hydrogen-bond donors (Lipinski definition) is 2. The van der Waals surface area contributed by atoms with Gasteiger partial charge in [-0.25, -0.2) is 0 Å². The van der Waals surface area contributed by atoms with Crippen LogP contribution in [0, 0.1) is 6.92 Å². The summed E-state index contributed by atoms with van der Waals surface area (Å²) in [4.78, 5) is 13.2. The van der Waals surface area contributed by atoms with Gasteiger partial charge in [0.2, 0.25) is 5.91 Å². The summed E-state index contributed by atoms with van der Waals surface area (Å²) in [5, 5.41) is 13.4. The summed E-state index contributed by atoms with van der Waals surface area (Å²) >= 11 is 5.93. The maximum atomic E-state index is 11.5. The number of benzene rings is 1. The lowest BCUT2D eigenvalue weighted by Gasteiger charge is -2.16. The second-order valence-corrected chi connectivity index (χ2v) is 5.32. The van der Waals surface area contributed by atoms with E-state index < -0.39 is 6.10 Å². The minimum Gasteiger partial charge on any atom is -0.491 e. The number of rotatable bonds is 8. The second kappa shape index (κ2) is 8.87. The number of amides is 1. The van der Waals surface area contributed by atoms with E-state index in [4.69, 9.17) is 16.3 Å². The summed E-state index contributed by atoms with van der Waals surface area (Å²) < 4.78 is 5.49. The number of aliphatic hydroxyl groups excluding tert-OH is 1. The van der Waals surface area contributed by atoms with Crippen LogP contribution in [0.25, 0.3) is 0 Å². The number of carbonyl (C=O) groups excluding carboxylic acids is 1. The van der Waals surface area contributed by atoms with E-state index >= 15 is 0 Å². The van der Waals surface area contributed by atoms with Gasteiger partial charge in [-0.05, 0) is 37.6 Å². The van der Waals surface area contributed by atoms with Crippen LogP contribution in [-0.4, -0.2) is 55.3 Å². The van der Waals surface area contributed by atoms with E-state index in [-0.39, 0.29) is 19.1 Å². The molecule has 0 aromatic heterocycles. The predicted octanol–water partition coefficient (Wildman–Crippen LogP) is 1.46. The van der Waals surface area contributed by atoms with Crippen molar-refractivity contribution in [3.8, 4) is 5.75 Å². The molecule has 0 spiro atoms. The van der Waals surface area contributed by atoms with Crippen molar-refractivity contribution in [2.75, 3.05) is 33.3 Å². The Bertz CT molecular complexity index is 468. The van der Waals surface area contributed by atoms with Gasteiger partial charge >= 0.3 is 0 Å². The zero-order valence-electron chi connectivity index (χ0n) is 12.7. The summed E-state index contributed by atoms with van der Waals surface area (Å²) in [5.41, 5.74) is 0.926. The molecule has 0 saturated carbocycles. The third kappa shape index (κ3) is 6.33. The Morgan fingerprint density at radius 3 is 2.86 bits per heavy atom. The van der Waals surface area contributed by atoms with Crippen molar-refractivity contribution in [1.82, 2.24) is 10.2 Å². The number of aryl methyl sites for hydroxylation is 1. The maximum absolute atomic E-state index is 11.5. The molecule has 2 N–H and O–H groups in total. The summed E-state index contributed by atoms with van der Waals surface area (Å²) in [7, 11) is 1.74. The van der Waals surface area contributed by atoms with Crippen LogP contribution in [-0.2, 0) is 4.79 Å². The zero-order valence-corrected chi connectivity index (χ0v) is 13.5. The SMILES string of the molecule is CCN(C)C(=O)CNCC(O)COc1ccc(Cl)c(C)c1. The standard InChI is InChI=1S/C15H23ClN2O3/c1-4-18(3)15(20)9-17-8-12(19)10-21-13-5-6-14(16)11(2)7-13/h5-7,12,17,19H,4,8-10H2,1-3H3. The Balaban J connectivity index is 2.26. The quantitative estimate of drug-likeness (QED) is 0.762. The van der Waals surface area contributed by atoms with Gasteiger partial charge in [0.15, 0.2) is 0 Å². The molecule has 1 atom stereocenters. The largest absolute Gasteiger partial charge is 0.491 e. The van der Waals surface area contributed by atoms with E-state index in [0.717, 1.165) is 5.56 Å². The lowest BCUT2D eigenvalue weighted by Crippen LogP contribution is -2.39. The molecule has 1 aromatic carbocycles. The fourth-order valence-corrected chi connectivity index (χ4v) is 1.73. The molecule has 1 rings (SSSR count). The zero-order chi connectivity index (χ0) is 15.8. The third-order valence-electron chi connectivity index (χ3n) is 3.13.